The number of nitrogens with one attached hydrogen (secondary N) is 4. The summed E-state index contributed by atoms with van der Waals surface area (Å²) in [5.74, 6) is 1.01. The van der Waals surface area contributed by atoms with Crippen molar-refractivity contribution in [1.82, 2.24) is 25.5 Å². The Bertz CT molecular complexity index is 1380. The number of carbonyl (C=O) groups is 2. The van der Waals surface area contributed by atoms with Crippen LogP contribution in [0.5, 0.6) is 0 Å². The third-order valence-electron chi connectivity index (χ3n) is 6.02. The van der Waals surface area contributed by atoms with Gasteiger partial charge in [0.05, 0.1) is 11.5 Å². The number of hydrogen-bond acceptors (Lipinski definition) is 10. The second kappa shape index (κ2) is 12.9. The first-order valence-corrected chi connectivity index (χ1v) is 15.2. The number of nitrogens with zero attached hydrogens (tertiary/aromatic N) is 3. The van der Waals surface area contributed by atoms with Gasteiger partial charge in [0.25, 0.3) is 5.91 Å². The number of nitrogens with two attached hydrogens (primary N) is 1. The maximum Gasteiger partial charge on any atom is 0.319 e. The van der Waals surface area contributed by atoms with Gasteiger partial charge in [-0.25, -0.2) is 23.2 Å². The second-order valence-corrected chi connectivity index (χ2v) is 12.3. The van der Waals surface area contributed by atoms with Gasteiger partial charge in [-0.2, -0.15) is 0 Å². The van der Waals surface area contributed by atoms with Crippen LogP contribution in [0.3, 0.4) is 0 Å². The Hall–Kier alpha value is -3.75. The number of pyridine rings is 1. The Balaban J connectivity index is 1.32. The van der Waals surface area contributed by atoms with E-state index in [-0.39, 0.29) is 23.4 Å². The highest BCUT2D eigenvalue weighted by molar-refractivity contribution is 7.91. The minimum Gasteiger partial charge on any atom is -0.384 e. The molecule has 12 nitrogen and oxygen atoms in total. The summed E-state index contributed by atoms with van der Waals surface area (Å²) in [6.45, 7) is 4.82. The van der Waals surface area contributed by atoms with E-state index in [1.807, 2.05) is 24.0 Å². The maximum absolute atomic E-state index is 12.9. The van der Waals surface area contributed by atoms with Crippen molar-refractivity contribution in [2.75, 3.05) is 60.6 Å². The highest BCUT2D eigenvalue weighted by Gasteiger charge is 2.22. The summed E-state index contributed by atoms with van der Waals surface area (Å²) in [5.41, 5.74) is 7.83. The van der Waals surface area contributed by atoms with Gasteiger partial charge in [-0.15, -0.1) is 11.3 Å². The molecule has 6 N–H and O–H groups in total. The molecule has 39 heavy (non-hydrogen) atoms. The molecular formula is C25H32N8O4S2. The van der Waals surface area contributed by atoms with Crippen LogP contribution in [-0.4, -0.2) is 79.5 Å². The van der Waals surface area contributed by atoms with Gasteiger partial charge in [-0.3, -0.25) is 9.69 Å². The van der Waals surface area contributed by atoms with Gasteiger partial charge in [0, 0.05) is 56.7 Å². The summed E-state index contributed by atoms with van der Waals surface area (Å²) < 4.78 is 23.2. The van der Waals surface area contributed by atoms with Crippen molar-refractivity contribution in [3.05, 3.63) is 53.0 Å². The molecule has 2 aromatic heterocycles. The fourth-order valence-corrected chi connectivity index (χ4v) is 6.10. The molecule has 3 heterocycles. The van der Waals surface area contributed by atoms with Gasteiger partial charge in [-0.1, -0.05) is 6.07 Å². The molecule has 1 aliphatic rings. The number of hydrogen-bond donors (Lipinski definition) is 5. The molecule has 14 heteroatoms. The zero-order valence-corrected chi connectivity index (χ0v) is 23.2. The lowest BCUT2D eigenvalue weighted by Gasteiger charge is -2.26. The SMILES string of the molecule is CCNc1nc(-c2ccc(NC(=O)NCc3ccc(N)nc3)cc2)sc1C(=O)NCCN1CCS(=O)(=O)CC1. The third-order valence-corrected chi connectivity index (χ3v) is 8.73. The largest absolute Gasteiger partial charge is 0.384 e. The number of nitrogen functional groups attached to an aromatic ring is 1. The quantitative estimate of drug-likeness (QED) is 0.244. The Kier molecular flexibility index (Phi) is 9.32. The lowest BCUT2D eigenvalue weighted by Crippen LogP contribution is -2.43. The van der Waals surface area contributed by atoms with Gasteiger partial charge in [0.2, 0.25) is 0 Å². The van der Waals surface area contributed by atoms with E-state index in [1.54, 1.807) is 30.5 Å². The summed E-state index contributed by atoms with van der Waals surface area (Å²) in [7, 11) is -2.93. The van der Waals surface area contributed by atoms with Crippen molar-refractivity contribution >= 4 is 50.4 Å². The number of rotatable bonds is 10. The maximum atomic E-state index is 12.9. The zero-order chi connectivity index (χ0) is 27.8. The predicted octanol–water partition coefficient (Wildman–Crippen LogP) is 2.00. The molecule has 0 bridgehead atoms. The van der Waals surface area contributed by atoms with Crippen LogP contribution < -0.4 is 27.0 Å². The third kappa shape index (κ3) is 8.12. The lowest BCUT2D eigenvalue weighted by atomic mass is 10.2. The van der Waals surface area contributed by atoms with E-state index in [9.17, 15) is 18.0 Å². The molecule has 0 radical (unpaired) electrons. The first kappa shape index (κ1) is 28.3. The summed E-state index contributed by atoms with van der Waals surface area (Å²) >= 11 is 1.28. The van der Waals surface area contributed by atoms with Crippen LogP contribution in [0.25, 0.3) is 10.6 Å². The van der Waals surface area contributed by atoms with Gasteiger partial charge in [0.1, 0.15) is 15.7 Å². The summed E-state index contributed by atoms with van der Waals surface area (Å²) in [6, 6.07) is 10.3. The molecule has 1 aliphatic heterocycles. The molecule has 1 aromatic carbocycles. The van der Waals surface area contributed by atoms with E-state index in [2.05, 4.69) is 31.2 Å². The minimum atomic E-state index is -2.93. The number of carbonyl (C=O) groups excluding carboxylic acids is 2. The van der Waals surface area contributed by atoms with Crippen LogP contribution in [0, 0.1) is 0 Å². The van der Waals surface area contributed by atoms with Gasteiger partial charge in [-0.05, 0) is 42.8 Å². The molecule has 208 valence electrons. The Morgan fingerprint density at radius 1 is 1.08 bits per heavy atom. The zero-order valence-electron chi connectivity index (χ0n) is 21.6. The van der Waals surface area contributed by atoms with Crippen molar-refractivity contribution < 1.29 is 18.0 Å². The molecule has 4 rings (SSSR count). The van der Waals surface area contributed by atoms with Crippen LogP contribution in [0.2, 0.25) is 0 Å². The molecule has 1 saturated heterocycles. The Labute approximate surface area is 231 Å². The number of amides is 3. The van der Waals surface area contributed by atoms with Crippen molar-refractivity contribution in [3.8, 4) is 10.6 Å². The number of anilines is 3. The smallest absolute Gasteiger partial charge is 0.319 e. The molecule has 3 amide bonds. The Morgan fingerprint density at radius 2 is 1.82 bits per heavy atom. The minimum absolute atomic E-state index is 0.157. The Morgan fingerprint density at radius 3 is 2.49 bits per heavy atom. The summed E-state index contributed by atoms with van der Waals surface area (Å²) in [6.07, 6.45) is 1.61. The molecule has 0 atom stereocenters. The molecule has 0 saturated carbocycles. The summed E-state index contributed by atoms with van der Waals surface area (Å²) in [5, 5.41) is 12.3. The fourth-order valence-electron chi connectivity index (χ4n) is 3.86. The van der Waals surface area contributed by atoms with Crippen molar-refractivity contribution in [1.29, 1.82) is 0 Å². The van der Waals surface area contributed by atoms with E-state index in [0.29, 0.717) is 66.5 Å². The number of thiazole rings is 1. The van der Waals surface area contributed by atoms with Gasteiger partial charge < -0.3 is 27.0 Å². The van der Waals surface area contributed by atoms with Gasteiger partial charge in [0.15, 0.2) is 15.7 Å². The van der Waals surface area contributed by atoms with Crippen LogP contribution in [0.15, 0.2) is 42.6 Å². The van der Waals surface area contributed by atoms with Crippen LogP contribution in [0.4, 0.5) is 22.1 Å². The number of urea groups is 1. The van der Waals surface area contributed by atoms with E-state index >= 15 is 0 Å². The number of aromatic nitrogens is 2. The molecule has 0 aliphatic carbocycles. The van der Waals surface area contributed by atoms with Crippen LogP contribution in [0.1, 0.15) is 22.2 Å². The first-order valence-electron chi connectivity index (χ1n) is 12.5. The summed E-state index contributed by atoms with van der Waals surface area (Å²) in [4.78, 5) is 36.3. The highest BCUT2D eigenvalue weighted by atomic mass is 32.2. The average molecular weight is 573 g/mol. The molecular weight excluding hydrogens is 540 g/mol. The molecule has 0 spiro atoms. The van der Waals surface area contributed by atoms with E-state index < -0.39 is 9.84 Å². The predicted molar refractivity (Wildman–Crippen MR) is 154 cm³/mol. The molecule has 3 aromatic rings. The second-order valence-electron chi connectivity index (χ2n) is 8.95. The first-order chi connectivity index (χ1) is 18.7. The molecule has 1 fully saturated rings. The van der Waals surface area contributed by atoms with Crippen LogP contribution >= 0.6 is 11.3 Å². The van der Waals surface area contributed by atoms with E-state index in [4.69, 9.17) is 5.73 Å². The molecule has 0 unspecified atom stereocenters. The average Bonchev–Trinajstić information content (AvgIpc) is 3.34. The van der Waals surface area contributed by atoms with Crippen LogP contribution in [-0.2, 0) is 16.4 Å². The van der Waals surface area contributed by atoms with Crippen molar-refractivity contribution in [3.63, 3.8) is 0 Å². The van der Waals surface area contributed by atoms with Gasteiger partial charge >= 0.3 is 6.03 Å². The number of benzene rings is 1. The highest BCUT2D eigenvalue weighted by Crippen LogP contribution is 2.31. The van der Waals surface area contributed by atoms with Crippen molar-refractivity contribution in [2.45, 2.75) is 13.5 Å². The van der Waals surface area contributed by atoms with Crippen molar-refractivity contribution in [2.24, 2.45) is 0 Å². The lowest BCUT2D eigenvalue weighted by molar-refractivity contribution is 0.0953. The standard InChI is InChI=1S/C25H32N8O4S2/c1-2-27-22-21(23(34)28-9-10-33-11-13-39(36,37)14-12-33)38-24(32-22)18-4-6-19(7-5-18)31-25(35)30-16-17-3-8-20(26)29-15-17/h3-8,15,27H,2,9-14,16H2,1H3,(H2,26,29)(H,28,34)(H2,30,31,35). The fraction of sp³-hybridized carbons (Fsp3) is 0.360. The normalized spacial score (nSPS) is 14.9. The topological polar surface area (TPSA) is 171 Å². The monoisotopic (exact) mass is 572 g/mol. The number of sulfone groups is 1. The van der Waals surface area contributed by atoms with E-state index in [1.165, 1.54) is 11.3 Å². The van der Waals surface area contributed by atoms with E-state index in [0.717, 1.165) is 11.1 Å².